The average molecular weight is 304 g/mol. The number of hydrogen-bond acceptors (Lipinski definition) is 4. The van der Waals surface area contributed by atoms with Crippen LogP contribution < -0.4 is 4.90 Å². The van der Waals surface area contributed by atoms with Crippen molar-refractivity contribution in [3.05, 3.63) is 40.4 Å². The van der Waals surface area contributed by atoms with Crippen molar-refractivity contribution in [1.82, 2.24) is 14.3 Å². The first-order valence-electron chi connectivity index (χ1n) is 7.16. The first-order valence-corrected chi connectivity index (χ1v) is 7.57. The van der Waals surface area contributed by atoms with Gasteiger partial charge in [-0.3, -0.25) is 0 Å². The zero-order chi connectivity index (χ0) is 15.0. The minimum atomic E-state index is -0.0971. The van der Waals surface area contributed by atoms with Gasteiger partial charge >= 0.3 is 0 Å². The minimum Gasteiger partial charge on any atom is -0.388 e. The van der Waals surface area contributed by atoms with Gasteiger partial charge in [0.05, 0.1) is 0 Å². The van der Waals surface area contributed by atoms with Crippen molar-refractivity contribution in [2.45, 2.75) is 26.6 Å². The summed E-state index contributed by atoms with van der Waals surface area (Å²) < 4.78 is 4.18. The molecule has 2 heterocycles. The Bertz CT molecular complexity index is 706. The summed E-state index contributed by atoms with van der Waals surface area (Å²) in [7, 11) is 1.84. The van der Waals surface area contributed by atoms with Gasteiger partial charge in [-0.1, -0.05) is 25.1 Å². The molecule has 0 saturated heterocycles. The Balaban J connectivity index is 1.94. The lowest BCUT2D eigenvalue weighted by atomic mass is 9.94. The minimum absolute atomic E-state index is 0.0971. The number of anilines is 1. The van der Waals surface area contributed by atoms with Crippen LogP contribution in [0.25, 0.3) is 0 Å². The van der Waals surface area contributed by atoms with E-state index in [9.17, 15) is 5.11 Å². The van der Waals surface area contributed by atoms with E-state index in [-0.39, 0.29) is 6.61 Å². The molecule has 0 radical (unpaired) electrons. The van der Waals surface area contributed by atoms with Crippen LogP contribution in [-0.4, -0.2) is 26.0 Å². The molecule has 0 spiro atoms. The highest BCUT2D eigenvalue weighted by Crippen LogP contribution is 2.29. The van der Waals surface area contributed by atoms with E-state index in [1.807, 2.05) is 7.05 Å². The lowest BCUT2D eigenvalue weighted by Crippen LogP contribution is -2.36. The largest absolute Gasteiger partial charge is 0.388 e. The van der Waals surface area contributed by atoms with Crippen molar-refractivity contribution in [3.8, 4) is 0 Å². The van der Waals surface area contributed by atoms with Gasteiger partial charge in [-0.15, -0.1) is 0 Å². The first kappa shape index (κ1) is 14.3. The molecule has 1 aromatic heterocycles. The van der Waals surface area contributed by atoms with Crippen LogP contribution in [0.3, 0.4) is 0 Å². The SMILES string of the molecule is CC1Cc2ccccc2N(Cn2nc(CO)n(C)c2=S)C1. The van der Waals surface area contributed by atoms with Crippen molar-refractivity contribution in [3.63, 3.8) is 0 Å². The standard InChI is InChI=1S/C15H20N4OS/c1-11-7-12-5-3-4-6-13(12)18(8-11)10-19-15(21)17(2)14(9-20)16-19/h3-6,11,20H,7-10H2,1-2H3. The molecule has 6 heteroatoms. The molecule has 3 rings (SSSR count). The Kier molecular flexibility index (Phi) is 3.82. The number of rotatable bonds is 3. The van der Waals surface area contributed by atoms with Crippen molar-refractivity contribution < 1.29 is 5.11 Å². The van der Waals surface area contributed by atoms with Gasteiger partial charge in [-0.25, -0.2) is 4.68 Å². The lowest BCUT2D eigenvalue weighted by molar-refractivity contribution is 0.265. The molecule has 1 unspecified atom stereocenters. The lowest BCUT2D eigenvalue weighted by Gasteiger charge is -2.34. The summed E-state index contributed by atoms with van der Waals surface area (Å²) in [5, 5.41) is 13.7. The van der Waals surface area contributed by atoms with E-state index in [1.165, 1.54) is 11.3 Å². The average Bonchev–Trinajstić information content (AvgIpc) is 2.75. The number of hydrogen-bond donors (Lipinski definition) is 1. The van der Waals surface area contributed by atoms with Crippen LogP contribution in [0, 0.1) is 10.7 Å². The fourth-order valence-electron chi connectivity index (χ4n) is 2.96. The molecule has 112 valence electrons. The highest BCUT2D eigenvalue weighted by Gasteiger charge is 2.22. The predicted octanol–water partition coefficient (Wildman–Crippen LogP) is 2.10. The van der Waals surface area contributed by atoms with Crippen LogP contribution in [-0.2, 0) is 26.7 Å². The second-order valence-corrected chi connectivity index (χ2v) is 6.08. The van der Waals surface area contributed by atoms with E-state index in [2.05, 4.69) is 41.2 Å². The number of benzene rings is 1. The van der Waals surface area contributed by atoms with Crippen molar-refractivity contribution in [2.24, 2.45) is 13.0 Å². The van der Waals surface area contributed by atoms with Crippen molar-refractivity contribution >= 4 is 17.9 Å². The van der Waals surface area contributed by atoms with Gasteiger partial charge in [0.1, 0.15) is 13.3 Å². The summed E-state index contributed by atoms with van der Waals surface area (Å²) in [6, 6.07) is 8.50. The summed E-state index contributed by atoms with van der Waals surface area (Å²) in [5.41, 5.74) is 2.63. The van der Waals surface area contributed by atoms with E-state index in [0.717, 1.165) is 13.0 Å². The van der Waals surface area contributed by atoms with E-state index in [4.69, 9.17) is 12.2 Å². The van der Waals surface area contributed by atoms with Gasteiger partial charge in [0.15, 0.2) is 10.6 Å². The third-order valence-electron chi connectivity index (χ3n) is 4.01. The third kappa shape index (κ3) is 2.61. The molecule has 0 aliphatic carbocycles. The molecule has 0 fully saturated rings. The zero-order valence-electron chi connectivity index (χ0n) is 12.4. The highest BCUT2D eigenvalue weighted by atomic mass is 32.1. The Morgan fingerprint density at radius 3 is 2.86 bits per heavy atom. The van der Waals surface area contributed by atoms with Crippen LogP contribution in [0.2, 0.25) is 0 Å². The monoisotopic (exact) mass is 304 g/mol. The summed E-state index contributed by atoms with van der Waals surface area (Å²) in [6.07, 6.45) is 1.11. The normalized spacial score (nSPS) is 17.9. The van der Waals surface area contributed by atoms with Gasteiger partial charge in [0.25, 0.3) is 0 Å². The molecule has 1 N–H and O–H groups in total. The van der Waals surface area contributed by atoms with Crippen LogP contribution >= 0.6 is 12.2 Å². The number of aromatic nitrogens is 3. The molecule has 5 nitrogen and oxygen atoms in total. The van der Waals surface area contributed by atoms with Gasteiger partial charge < -0.3 is 14.6 Å². The quantitative estimate of drug-likeness (QED) is 0.882. The first-order chi connectivity index (χ1) is 10.1. The van der Waals surface area contributed by atoms with Crippen molar-refractivity contribution in [1.29, 1.82) is 0 Å². The molecule has 2 aromatic rings. The zero-order valence-corrected chi connectivity index (χ0v) is 13.2. The van der Waals surface area contributed by atoms with Crippen molar-refractivity contribution in [2.75, 3.05) is 11.4 Å². The number of nitrogens with zero attached hydrogens (tertiary/aromatic N) is 4. The van der Waals surface area contributed by atoms with E-state index in [1.54, 1.807) is 9.25 Å². The molecule has 1 aliphatic rings. The number of aliphatic hydroxyl groups excluding tert-OH is 1. The number of aliphatic hydroxyl groups is 1. The summed E-state index contributed by atoms with van der Waals surface area (Å²) in [6.45, 7) is 3.78. The molecular weight excluding hydrogens is 284 g/mol. The van der Waals surface area contributed by atoms with Gasteiger partial charge in [0.2, 0.25) is 0 Å². The Hall–Kier alpha value is -1.66. The molecule has 0 bridgehead atoms. The predicted molar refractivity (Wildman–Crippen MR) is 84.6 cm³/mol. The summed E-state index contributed by atoms with van der Waals surface area (Å²) >= 11 is 5.40. The molecule has 1 atom stereocenters. The third-order valence-corrected chi connectivity index (χ3v) is 4.49. The Morgan fingerprint density at radius 2 is 2.14 bits per heavy atom. The van der Waals surface area contributed by atoms with E-state index >= 15 is 0 Å². The number of para-hydroxylation sites is 1. The maximum atomic E-state index is 9.31. The van der Waals surface area contributed by atoms with Gasteiger partial charge in [-0.05, 0) is 36.2 Å². The second-order valence-electron chi connectivity index (χ2n) is 5.72. The maximum absolute atomic E-state index is 9.31. The van der Waals surface area contributed by atoms with Gasteiger partial charge in [-0.2, -0.15) is 5.10 Å². The Labute approximate surface area is 129 Å². The topological polar surface area (TPSA) is 46.2 Å². The van der Waals surface area contributed by atoms with Crippen LogP contribution in [0.15, 0.2) is 24.3 Å². The van der Waals surface area contributed by atoms with Gasteiger partial charge in [0, 0.05) is 19.3 Å². The second kappa shape index (κ2) is 5.61. The maximum Gasteiger partial charge on any atom is 0.199 e. The van der Waals surface area contributed by atoms with E-state index in [0.29, 0.717) is 23.2 Å². The Morgan fingerprint density at radius 1 is 1.38 bits per heavy atom. The van der Waals surface area contributed by atoms with Crippen LogP contribution in [0.4, 0.5) is 5.69 Å². The fraction of sp³-hybridized carbons (Fsp3) is 0.467. The smallest absolute Gasteiger partial charge is 0.199 e. The van der Waals surface area contributed by atoms with E-state index < -0.39 is 0 Å². The fourth-order valence-corrected chi connectivity index (χ4v) is 3.17. The summed E-state index contributed by atoms with van der Waals surface area (Å²) in [5.74, 6) is 1.20. The van der Waals surface area contributed by atoms with Crippen LogP contribution in [0.1, 0.15) is 18.3 Å². The molecule has 0 amide bonds. The molecule has 21 heavy (non-hydrogen) atoms. The molecule has 1 aromatic carbocycles. The number of fused-ring (bicyclic) bond motifs is 1. The molecule has 1 aliphatic heterocycles. The summed E-state index contributed by atoms with van der Waals surface area (Å²) in [4.78, 5) is 2.31. The molecular formula is C15H20N4OS. The highest BCUT2D eigenvalue weighted by molar-refractivity contribution is 7.71. The van der Waals surface area contributed by atoms with Crippen LogP contribution in [0.5, 0.6) is 0 Å². The molecule has 0 saturated carbocycles.